The number of rotatable bonds is 6. The van der Waals surface area contributed by atoms with Crippen LogP contribution in [0.25, 0.3) is 89.1 Å². The van der Waals surface area contributed by atoms with Crippen LogP contribution in [0.5, 0.6) is 0 Å². The Balaban J connectivity index is 1.27. The van der Waals surface area contributed by atoms with E-state index in [9.17, 15) is 2.74 Å². The third-order valence-electron chi connectivity index (χ3n) is 8.83. The maximum absolute atomic E-state index is 9.25. The second-order valence-electron chi connectivity index (χ2n) is 11.9. The Kier molecular flexibility index (Phi) is 6.00. The lowest BCUT2D eigenvalue weighted by molar-refractivity contribution is 1.08. The molecular formula is C47H31N3. The molecule has 0 aliphatic rings. The Labute approximate surface area is 299 Å². The van der Waals surface area contributed by atoms with Gasteiger partial charge in [0.05, 0.1) is 8.22 Å². The highest BCUT2D eigenvalue weighted by Crippen LogP contribution is 2.37. The van der Waals surface area contributed by atoms with Crippen LogP contribution in [-0.4, -0.2) is 15.0 Å². The quantitative estimate of drug-likeness (QED) is 0.181. The molecule has 8 aromatic carbocycles. The SMILES string of the molecule is [2H]c1c([2H])c(-c2nc(-c3ccccc3)nc(-c3cccc(-c4ccc(-c5ccccc5)c5ccccc45)c3)n2)c2c([2H])c([2H])c(-c3ccccc3)c([2H])c2c1[2H]. The molecular weight excluding hydrogens is 607 g/mol. The van der Waals surface area contributed by atoms with Crippen LogP contribution in [0.4, 0.5) is 0 Å². The van der Waals surface area contributed by atoms with Crippen molar-refractivity contribution in [3.05, 3.63) is 188 Å². The fraction of sp³-hybridized carbons (Fsp3) is 0. The summed E-state index contributed by atoms with van der Waals surface area (Å²) in [5.74, 6) is 0.632. The van der Waals surface area contributed by atoms with Gasteiger partial charge in [0.15, 0.2) is 17.5 Å². The van der Waals surface area contributed by atoms with E-state index in [1.807, 2.05) is 91.0 Å². The van der Waals surface area contributed by atoms with Crippen LogP contribution in [-0.2, 0) is 0 Å². The van der Waals surface area contributed by atoms with Crippen molar-refractivity contribution in [3.63, 3.8) is 0 Å². The smallest absolute Gasteiger partial charge is 0.164 e. The zero-order valence-corrected chi connectivity index (χ0v) is 26.8. The fourth-order valence-corrected chi connectivity index (χ4v) is 6.40. The summed E-state index contributed by atoms with van der Waals surface area (Å²) in [5.41, 5.74) is 6.35. The third kappa shape index (κ3) is 5.51. The van der Waals surface area contributed by atoms with E-state index in [0.29, 0.717) is 28.3 Å². The van der Waals surface area contributed by atoms with Crippen LogP contribution in [0.15, 0.2) is 188 Å². The zero-order chi connectivity index (χ0) is 38.5. The lowest BCUT2D eigenvalue weighted by atomic mass is 9.91. The van der Waals surface area contributed by atoms with Gasteiger partial charge in [-0.2, -0.15) is 0 Å². The summed E-state index contributed by atoms with van der Waals surface area (Å²) in [4.78, 5) is 14.7. The summed E-state index contributed by atoms with van der Waals surface area (Å²) in [7, 11) is 0. The molecule has 0 amide bonds. The molecule has 0 atom stereocenters. The minimum Gasteiger partial charge on any atom is -0.208 e. The van der Waals surface area contributed by atoms with Gasteiger partial charge in [-0.3, -0.25) is 0 Å². The first-order chi connectivity index (χ1) is 27.3. The molecule has 1 aromatic heterocycles. The molecule has 0 spiro atoms. The molecule has 0 N–H and O–H groups in total. The Bertz CT molecular complexity index is 2970. The van der Waals surface area contributed by atoms with E-state index in [1.165, 1.54) is 0 Å². The van der Waals surface area contributed by atoms with Crippen molar-refractivity contribution in [1.82, 2.24) is 15.0 Å². The van der Waals surface area contributed by atoms with Gasteiger partial charge in [-0.05, 0) is 67.0 Å². The van der Waals surface area contributed by atoms with Crippen molar-refractivity contribution in [1.29, 1.82) is 0 Å². The highest BCUT2D eigenvalue weighted by molar-refractivity contribution is 6.05. The van der Waals surface area contributed by atoms with Crippen molar-refractivity contribution < 1.29 is 8.22 Å². The maximum atomic E-state index is 9.25. The van der Waals surface area contributed by atoms with Crippen LogP contribution >= 0.6 is 0 Å². The Morgan fingerprint density at radius 3 is 1.58 bits per heavy atom. The summed E-state index contributed by atoms with van der Waals surface area (Å²) in [6.45, 7) is 0. The normalized spacial score (nSPS) is 12.9. The average Bonchev–Trinajstić information content (AvgIpc) is 3.25. The van der Waals surface area contributed by atoms with E-state index in [0.717, 1.165) is 33.0 Å². The lowest BCUT2D eigenvalue weighted by Crippen LogP contribution is -2.00. The zero-order valence-electron chi connectivity index (χ0n) is 32.8. The second kappa shape index (κ2) is 12.7. The molecule has 0 aliphatic carbocycles. The minimum absolute atomic E-state index is 0.00287. The topological polar surface area (TPSA) is 38.7 Å². The first-order valence-corrected chi connectivity index (χ1v) is 16.4. The highest BCUT2D eigenvalue weighted by atomic mass is 15.0. The van der Waals surface area contributed by atoms with E-state index in [4.69, 9.17) is 20.4 Å². The van der Waals surface area contributed by atoms with Crippen LogP contribution in [0.1, 0.15) is 8.22 Å². The molecule has 3 heteroatoms. The molecule has 0 saturated carbocycles. The fourth-order valence-electron chi connectivity index (χ4n) is 6.40. The summed E-state index contributed by atoms with van der Waals surface area (Å²) >= 11 is 0. The molecule has 0 radical (unpaired) electrons. The van der Waals surface area contributed by atoms with E-state index in [1.54, 1.807) is 24.3 Å². The van der Waals surface area contributed by atoms with Gasteiger partial charge in [-0.15, -0.1) is 0 Å². The van der Waals surface area contributed by atoms with Crippen LogP contribution < -0.4 is 0 Å². The summed E-state index contributed by atoms with van der Waals surface area (Å²) in [6, 6.07) is 47.3. The summed E-state index contributed by atoms with van der Waals surface area (Å²) in [6.07, 6.45) is 0. The van der Waals surface area contributed by atoms with Gasteiger partial charge in [0, 0.05) is 16.7 Å². The van der Waals surface area contributed by atoms with Gasteiger partial charge in [-0.25, -0.2) is 15.0 Å². The predicted molar refractivity (Wildman–Crippen MR) is 207 cm³/mol. The van der Waals surface area contributed by atoms with Crippen LogP contribution in [0.2, 0.25) is 0 Å². The van der Waals surface area contributed by atoms with Crippen LogP contribution in [0.3, 0.4) is 0 Å². The molecule has 9 aromatic rings. The van der Waals surface area contributed by atoms with E-state index < -0.39 is 6.04 Å². The second-order valence-corrected chi connectivity index (χ2v) is 11.9. The molecule has 50 heavy (non-hydrogen) atoms. The van der Waals surface area contributed by atoms with Gasteiger partial charge in [0.1, 0.15) is 0 Å². The highest BCUT2D eigenvalue weighted by Gasteiger charge is 2.16. The largest absolute Gasteiger partial charge is 0.208 e. The minimum atomic E-state index is -0.423. The number of nitrogens with zero attached hydrogens (tertiary/aromatic N) is 3. The predicted octanol–water partition coefficient (Wildman–Crippen LogP) is 12.2. The number of hydrogen-bond acceptors (Lipinski definition) is 3. The molecule has 3 nitrogen and oxygen atoms in total. The molecule has 9 rings (SSSR count). The number of benzene rings is 8. The first-order valence-electron chi connectivity index (χ1n) is 19.4. The molecule has 234 valence electrons. The summed E-state index contributed by atoms with van der Waals surface area (Å²) in [5, 5.41) is 2.22. The standard InChI is InChI=1S/C47H31N3/c1-4-14-32(15-5-1)35-26-27-41-36(30-35)21-13-25-44(41)47-49-45(34-18-8-3-9-19-34)48-46(50-47)38-22-12-20-37(31-38)40-29-28-39(33-16-6-2-7-17-33)42-23-10-11-24-43(40)42/h1-31H/i13D,21D,25D,26D,27D,30D. The van der Waals surface area contributed by atoms with Gasteiger partial charge in [0.2, 0.25) is 0 Å². The van der Waals surface area contributed by atoms with E-state index in [2.05, 4.69) is 36.4 Å². The Hall–Kier alpha value is -6.71. The first kappa shape index (κ1) is 23.6. The molecule has 0 fully saturated rings. The molecule has 0 unspecified atom stereocenters. The summed E-state index contributed by atoms with van der Waals surface area (Å²) < 4.78 is 54.5. The number of aromatic nitrogens is 3. The number of fused-ring (bicyclic) bond motifs is 2. The van der Waals surface area contributed by atoms with E-state index >= 15 is 0 Å². The molecule has 0 aliphatic heterocycles. The van der Waals surface area contributed by atoms with Crippen molar-refractivity contribution in [2.45, 2.75) is 0 Å². The molecule has 0 bridgehead atoms. The monoisotopic (exact) mass is 643 g/mol. The maximum Gasteiger partial charge on any atom is 0.164 e. The Morgan fingerprint density at radius 1 is 0.340 bits per heavy atom. The van der Waals surface area contributed by atoms with Crippen molar-refractivity contribution >= 4 is 21.5 Å². The molecule has 1 heterocycles. The van der Waals surface area contributed by atoms with E-state index in [-0.39, 0.29) is 57.9 Å². The van der Waals surface area contributed by atoms with Crippen molar-refractivity contribution in [2.75, 3.05) is 0 Å². The van der Waals surface area contributed by atoms with Gasteiger partial charge >= 0.3 is 0 Å². The van der Waals surface area contributed by atoms with Gasteiger partial charge in [0.25, 0.3) is 0 Å². The van der Waals surface area contributed by atoms with Crippen molar-refractivity contribution in [3.8, 4) is 67.5 Å². The van der Waals surface area contributed by atoms with Crippen LogP contribution in [0, 0.1) is 0 Å². The third-order valence-corrected chi connectivity index (χ3v) is 8.83. The Morgan fingerprint density at radius 2 is 0.880 bits per heavy atom. The van der Waals surface area contributed by atoms with Gasteiger partial charge < -0.3 is 0 Å². The van der Waals surface area contributed by atoms with Gasteiger partial charge in [-0.1, -0.05) is 176 Å². The average molecular weight is 644 g/mol. The lowest BCUT2D eigenvalue weighted by Gasteiger charge is -2.14. The number of hydrogen-bond donors (Lipinski definition) is 0. The van der Waals surface area contributed by atoms with Crippen molar-refractivity contribution in [2.24, 2.45) is 0 Å². The molecule has 0 saturated heterocycles.